The van der Waals surface area contributed by atoms with Crippen LogP contribution in [0.1, 0.15) is 65.2 Å². The number of rotatable bonds is 3. The van der Waals surface area contributed by atoms with Gasteiger partial charge in [0.25, 0.3) is 0 Å². The minimum Gasteiger partial charge on any atom is -0.273 e. The maximum atomic E-state index is 12.0. The van der Waals surface area contributed by atoms with Gasteiger partial charge in [0, 0.05) is 12.1 Å². The molecule has 0 heterocycles. The van der Waals surface area contributed by atoms with Crippen molar-refractivity contribution in [1.82, 2.24) is 5.43 Å². The highest BCUT2D eigenvalue weighted by molar-refractivity contribution is 5.79. The van der Waals surface area contributed by atoms with Gasteiger partial charge in [0.2, 0.25) is 5.91 Å². The van der Waals surface area contributed by atoms with Crippen molar-refractivity contribution >= 4 is 12.1 Å². The van der Waals surface area contributed by atoms with E-state index in [0.717, 1.165) is 18.8 Å². The molecule has 0 aromatic heterocycles. The van der Waals surface area contributed by atoms with E-state index in [4.69, 9.17) is 0 Å². The zero-order chi connectivity index (χ0) is 13.7. The van der Waals surface area contributed by atoms with Gasteiger partial charge in [-0.2, -0.15) is 5.10 Å². The number of hydrogen-bond donors (Lipinski definition) is 1. The van der Waals surface area contributed by atoms with Crippen molar-refractivity contribution < 1.29 is 4.79 Å². The Balaban J connectivity index is 1.73. The second-order valence-corrected chi connectivity index (χ2v) is 6.75. The van der Waals surface area contributed by atoms with Crippen LogP contribution in [0.25, 0.3) is 0 Å². The van der Waals surface area contributed by atoms with Crippen LogP contribution in [0.2, 0.25) is 0 Å². The number of carbonyl (C=O) groups is 1. The minimum atomic E-state index is 0.131. The van der Waals surface area contributed by atoms with Crippen LogP contribution in [-0.2, 0) is 4.79 Å². The largest absolute Gasteiger partial charge is 0.273 e. The smallest absolute Gasteiger partial charge is 0.243 e. The van der Waals surface area contributed by atoms with Gasteiger partial charge >= 0.3 is 0 Å². The van der Waals surface area contributed by atoms with Crippen LogP contribution in [0.3, 0.4) is 0 Å². The normalized spacial score (nSPS) is 36.3. The highest BCUT2D eigenvalue weighted by Gasteiger charge is 2.24. The van der Waals surface area contributed by atoms with Crippen LogP contribution >= 0.6 is 0 Å². The molecule has 0 radical (unpaired) electrons. The fourth-order valence-electron chi connectivity index (χ4n) is 3.59. The van der Waals surface area contributed by atoms with Gasteiger partial charge in [0.1, 0.15) is 0 Å². The molecular formula is C16H28N2O. The van der Waals surface area contributed by atoms with Crippen LogP contribution in [0, 0.1) is 23.7 Å². The number of hydrogen-bond acceptors (Lipinski definition) is 2. The van der Waals surface area contributed by atoms with Crippen molar-refractivity contribution in [2.45, 2.75) is 65.2 Å². The average Bonchev–Trinajstić information content (AvgIpc) is 2.38. The van der Waals surface area contributed by atoms with Crippen LogP contribution in [0.15, 0.2) is 5.10 Å². The maximum absolute atomic E-state index is 12.0. The molecule has 4 unspecified atom stereocenters. The lowest BCUT2D eigenvalue weighted by molar-refractivity contribution is -0.126. The predicted molar refractivity (Wildman–Crippen MR) is 78.9 cm³/mol. The lowest BCUT2D eigenvalue weighted by atomic mass is 9.82. The Bertz CT molecular complexity index is 327. The predicted octanol–water partition coefficient (Wildman–Crippen LogP) is 3.74. The molecule has 2 rings (SSSR count). The summed E-state index contributed by atoms with van der Waals surface area (Å²) in [5, 5.41) is 4.21. The Labute approximate surface area is 117 Å². The first kappa shape index (κ1) is 14.5. The lowest BCUT2D eigenvalue weighted by Crippen LogP contribution is -2.30. The van der Waals surface area contributed by atoms with E-state index in [0.29, 0.717) is 11.8 Å². The lowest BCUT2D eigenvalue weighted by Gasteiger charge is -2.25. The summed E-state index contributed by atoms with van der Waals surface area (Å²) in [5.41, 5.74) is 2.77. The summed E-state index contributed by atoms with van der Waals surface area (Å²) in [5.74, 6) is 2.37. The van der Waals surface area contributed by atoms with E-state index >= 15 is 0 Å². The third-order valence-electron chi connectivity index (χ3n) is 4.74. The van der Waals surface area contributed by atoms with Crippen molar-refractivity contribution in [3.8, 4) is 0 Å². The molecule has 2 aliphatic carbocycles. The molecule has 0 bridgehead atoms. The fourth-order valence-corrected chi connectivity index (χ4v) is 3.59. The summed E-state index contributed by atoms with van der Waals surface area (Å²) >= 11 is 0. The van der Waals surface area contributed by atoms with Crippen molar-refractivity contribution in [3.05, 3.63) is 0 Å². The molecule has 0 spiro atoms. The number of hydrazone groups is 1. The molecule has 0 saturated heterocycles. The van der Waals surface area contributed by atoms with Gasteiger partial charge in [-0.3, -0.25) is 4.79 Å². The monoisotopic (exact) mass is 264 g/mol. The molecule has 0 aromatic carbocycles. The van der Waals surface area contributed by atoms with Crippen LogP contribution < -0.4 is 5.43 Å². The van der Waals surface area contributed by atoms with E-state index in [1.165, 1.54) is 38.5 Å². The van der Waals surface area contributed by atoms with Gasteiger partial charge < -0.3 is 0 Å². The summed E-state index contributed by atoms with van der Waals surface area (Å²) < 4.78 is 0. The maximum Gasteiger partial charge on any atom is 0.243 e. The van der Waals surface area contributed by atoms with Crippen LogP contribution in [-0.4, -0.2) is 12.1 Å². The van der Waals surface area contributed by atoms with E-state index in [1.807, 2.05) is 6.21 Å². The molecule has 1 amide bonds. The minimum absolute atomic E-state index is 0.131. The summed E-state index contributed by atoms with van der Waals surface area (Å²) in [6.45, 7) is 4.55. The Morgan fingerprint density at radius 2 is 1.74 bits per heavy atom. The Hall–Kier alpha value is -0.860. The Morgan fingerprint density at radius 3 is 2.42 bits per heavy atom. The van der Waals surface area contributed by atoms with Gasteiger partial charge in [-0.25, -0.2) is 5.43 Å². The highest BCUT2D eigenvalue weighted by atomic mass is 16.2. The SMILES string of the molecule is CC1CCCC(/C=N/NC(=O)C2CCCC(C)C2)C1. The Kier molecular flexibility index (Phi) is 5.41. The number of carbonyl (C=O) groups excluding carboxylic acids is 1. The first-order valence-corrected chi connectivity index (χ1v) is 7.98. The molecule has 4 atom stereocenters. The van der Waals surface area contributed by atoms with Crippen LogP contribution in [0.4, 0.5) is 0 Å². The van der Waals surface area contributed by atoms with E-state index in [1.54, 1.807) is 0 Å². The van der Waals surface area contributed by atoms with E-state index in [9.17, 15) is 4.79 Å². The Morgan fingerprint density at radius 1 is 1.05 bits per heavy atom. The zero-order valence-corrected chi connectivity index (χ0v) is 12.4. The van der Waals surface area contributed by atoms with Crippen molar-refractivity contribution in [2.24, 2.45) is 28.8 Å². The van der Waals surface area contributed by atoms with Crippen molar-refractivity contribution in [1.29, 1.82) is 0 Å². The molecule has 19 heavy (non-hydrogen) atoms. The molecule has 2 fully saturated rings. The highest BCUT2D eigenvalue weighted by Crippen LogP contribution is 2.29. The zero-order valence-electron chi connectivity index (χ0n) is 12.4. The molecule has 0 aliphatic heterocycles. The summed E-state index contributed by atoms with van der Waals surface area (Å²) in [6, 6.07) is 0. The molecule has 2 saturated carbocycles. The number of nitrogens with one attached hydrogen (secondary N) is 1. The molecule has 1 N–H and O–H groups in total. The molecular weight excluding hydrogens is 236 g/mol. The fraction of sp³-hybridized carbons (Fsp3) is 0.875. The van der Waals surface area contributed by atoms with Crippen molar-refractivity contribution in [2.75, 3.05) is 0 Å². The average molecular weight is 264 g/mol. The summed E-state index contributed by atoms with van der Waals surface area (Å²) in [6.07, 6.45) is 11.6. The van der Waals surface area contributed by atoms with Gasteiger partial charge in [0.05, 0.1) is 0 Å². The number of nitrogens with zero attached hydrogens (tertiary/aromatic N) is 1. The first-order chi connectivity index (χ1) is 9.15. The van der Waals surface area contributed by atoms with E-state index < -0.39 is 0 Å². The standard InChI is InChI=1S/C16H28N2O/c1-12-5-3-7-14(9-12)11-17-18-16(19)15-8-4-6-13(2)10-15/h11-15H,3-10H2,1-2H3,(H,18,19)/b17-11+. The molecule has 2 aliphatic rings. The van der Waals surface area contributed by atoms with Gasteiger partial charge in [-0.15, -0.1) is 0 Å². The number of amides is 1. The van der Waals surface area contributed by atoms with Gasteiger partial charge in [-0.1, -0.05) is 39.5 Å². The third kappa shape index (κ3) is 4.63. The van der Waals surface area contributed by atoms with Gasteiger partial charge in [0.15, 0.2) is 0 Å². The molecule has 0 aromatic rings. The van der Waals surface area contributed by atoms with Crippen LogP contribution in [0.5, 0.6) is 0 Å². The van der Waals surface area contributed by atoms with Crippen molar-refractivity contribution in [3.63, 3.8) is 0 Å². The first-order valence-electron chi connectivity index (χ1n) is 7.98. The topological polar surface area (TPSA) is 41.5 Å². The van der Waals surface area contributed by atoms with E-state index in [2.05, 4.69) is 24.4 Å². The summed E-state index contributed by atoms with van der Waals surface area (Å²) in [4.78, 5) is 12.0. The second-order valence-electron chi connectivity index (χ2n) is 6.75. The quantitative estimate of drug-likeness (QED) is 0.612. The summed E-state index contributed by atoms with van der Waals surface area (Å²) in [7, 11) is 0. The third-order valence-corrected chi connectivity index (χ3v) is 4.74. The van der Waals surface area contributed by atoms with Gasteiger partial charge in [-0.05, 0) is 43.4 Å². The molecule has 3 heteroatoms. The molecule has 3 nitrogen and oxygen atoms in total. The van der Waals surface area contributed by atoms with E-state index in [-0.39, 0.29) is 11.8 Å². The second kappa shape index (κ2) is 7.06. The molecule has 108 valence electrons.